The molecule has 1 spiro atoms. The summed E-state index contributed by atoms with van der Waals surface area (Å²) in [6.45, 7) is 3.33. The van der Waals surface area contributed by atoms with E-state index in [0.717, 1.165) is 30.7 Å². The smallest absolute Gasteiger partial charge is 0.106 e. The minimum absolute atomic E-state index is 0.795. The van der Waals surface area contributed by atoms with Crippen molar-refractivity contribution in [3.05, 3.63) is 338 Å². The van der Waals surface area contributed by atoms with Crippen LogP contribution in [0.5, 0.6) is 0 Å². The highest BCUT2D eigenvalue weighted by Crippen LogP contribution is 2.53. The number of hydrogen-bond acceptors (Lipinski definition) is 0. The molecule has 0 saturated heterocycles. The molecule has 14 aromatic rings. The normalized spacial score (nSPS) is 13.1. The highest BCUT2D eigenvalue weighted by Gasteiger charge is 2.41. The Labute approximate surface area is 498 Å². The molecule has 0 unspecified atom stereocenters. The molecule has 1 nitrogen and oxygen atoms in total. The van der Waals surface area contributed by atoms with Gasteiger partial charge in [0.25, 0.3) is 0 Å². The standard InChI is InChI=1S/C84H60N/c1-7-25-57(26-8-1)75-49-67(50-76(58-27-9-2-10-28-58)81(75)63-35-15-5-16-36-63)69-41-23-43-73-74-44-24-42-70(68-51-77(59-29-11-3-12-30-59)82(64-37-17-6-18-38-64)78(52-68)60-31-13-4-14-32-60)80(74)56-85(55-79(69)73)53-65-47-45-61-33-19-21-39-71(61)83(65)84-66(54-85)48-46-62-34-20-22-40-72(62)84/h1-52H,53-56H2/q+1. The Hall–Kier alpha value is -10.4. The summed E-state index contributed by atoms with van der Waals surface area (Å²) < 4.78 is 0.795. The number of benzene rings is 14. The van der Waals surface area contributed by atoms with Crippen LogP contribution in [0, 0.1) is 0 Å². The summed E-state index contributed by atoms with van der Waals surface area (Å²) in [6.07, 6.45) is 0. The summed E-state index contributed by atoms with van der Waals surface area (Å²) >= 11 is 0. The van der Waals surface area contributed by atoms with E-state index >= 15 is 0 Å². The average Bonchev–Trinajstić information content (AvgIpc) is 1.94. The second-order valence-electron chi connectivity index (χ2n) is 23.4. The van der Waals surface area contributed by atoms with Gasteiger partial charge in [0, 0.05) is 22.3 Å². The number of nitrogens with zero attached hydrogens (tertiary/aromatic N) is 1. The van der Waals surface area contributed by atoms with Crippen molar-refractivity contribution in [1.82, 2.24) is 0 Å². The van der Waals surface area contributed by atoms with Crippen LogP contribution >= 0.6 is 0 Å². The predicted octanol–water partition coefficient (Wildman–Crippen LogP) is 22.2. The van der Waals surface area contributed by atoms with Crippen LogP contribution in [0.3, 0.4) is 0 Å². The quantitative estimate of drug-likeness (QED) is 0.133. The van der Waals surface area contributed by atoms with Gasteiger partial charge >= 0.3 is 0 Å². The van der Waals surface area contributed by atoms with Crippen molar-refractivity contribution >= 4 is 21.5 Å². The fourth-order valence-corrected chi connectivity index (χ4v) is 14.6. The minimum Gasteiger partial charge on any atom is -0.309 e. The maximum atomic E-state index is 2.50. The highest BCUT2D eigenvalue weighted by molar-refractivity contribution is 6.08. The van der Waals surface area contributed by atoms with Gasteiger partial charge in [-0.25, -0.2) is 0 Å². The van der Waals surface area contributed by atoms with E-state index < -0.39 is 0 Å². The number of quaternary nitrogens is 1. The van der Waals surface area contributed by atoms with Gasteiger partial charge in [-0.15, -0.1) is 0 Å². The lowest BCUT2D eigenvalue weighted by atomic mass is 9.82. The van der Waals surface area contributed by atoms with Crippen LogP contribution in [0.15, 0.2) is 315 Å². The first-order valence-corrected chi connectivity index (χ1v) is 29.9. The highest BCUT2D eigenvalue weighted by atomic mass is 15.4. The van der Waals surface area contributed by atoms with Crippen LogP contribution in [0.2, 0.25) is 0 Å². The second kappa shape index (κ2) is 21.1. The van der Waals surface area contributed by atoms with Crippen LogP contribution < -0.4 is 0 Å². The zero-order chi connectivity index (χ0) is 56.3. The Morgan fingerprint density at radius 3 is 0.824 bits per heavy atom. The van der Waals surface area contributed by atoms with Crippen LogP contribution in [0.4, 0.5) is 0 Å². The summed E-state index contributed by atoms with van der Waals surface area (Å²) in [5.74, 6) is 0. The SMILES string of the molecule is c1ccc(-c2cc(-c3cccc4c3C[N+]3(Cc5ccc6ccccc6c5-c5c(ccc6ccccc56)C3)Cc3c(-c5cc(-c6ccccc6)c(-c6ccccc6)c(-c6ccccc6)c5)cccc3-4)cc(-c3ccccc3)c2-c2ccccc2)cc1. The van der Waals surface area contributed by atoms with Gasteiger partial charge in [-0.2, -0.15) is 0 Å². The van der Waals surface area contributed by atoms with Crippen molar-refractivity contribution in [1.29, 1.82) is 0 Å². The first-order valence-electron chi connectivity index (χ1n) is 29.9. The van der Waals surface area contributed by atoms with E-state index in [9.17, 15) is 0 Å². The zero-order valence-electron chi connectivity index (χ0n) is 47.3. The van der Waals surface area contributed by atoms with Crippen LogP contribution in [-0.2, 0) is 26.2 Å². The summed E-state index contributed by atoms with van der Waals surface area (Å²) in [6, 6.07) is 118. The lowest BCUT2D eigenvalue weighted by Gasteiger charge is -2.38. The molecule has 85 heavy (non-hydrogen) atoms. The summed E-state index contributed by atoms with van der Waals surface area (Å²) in [4.78, 5) is 0. The van der Waals surface area contributed by atoms with Crippen molar-refractivity contribution in [2.75, 3.05) is 0 Å². The molecule has 2 aliphatic rings. The first-order chi connectivity index (χ1) is 42.1. The van der Waals surface area contributed by atoms with Crippen molar-refractivity contribution in [3.8, 4) is 111 Å². The lowest BCUT2D eigenvalue weighted by molar-refractivity contribution is -0.977. The number of rotatable bonds is 8. The minimum atomic E-state index is 0.795. The molecule has 0 atom stereocenters. The van der Waals surface area contributed by atoms with Gasteiger partial charge in [0.2, 0.25) is 0 Å². The summed E-state index contributed by atoms with van der Waals surface area (Å²) in [5.41, 5.74) is 30.4. The maximum Gasteiger partial charge on any atom is 0.106 e. The Morgan fingerprint density at radius 2 is 0.482 bits per heavy atom. The largest absolute Gasteiger partial charge is 0.309 e. The van der Waals surface area contributed by atoms with Crippen LogP contribution in [0.25, 0.3) is 133 Å². The van der Waals surface area contributed by atoms with Crippen LogP contribution in [0.1, 0.15) is 22.3 Å². The van der Waals surface area contributed by atoms with E-state index in [2.05, 4.69) is 315 Å². The Balaban J connectivity index is 1.000. The van der Waals surface area contributed by atoms with E-state index in [-0.39, 0.29) is 0 Å². The van der Waals surface area contributed by atoms with Gasteiger partial charge in [0.15, 0.2) is 0 Å². The number of fused-ring (bicyclic) bond motifs is 10. The Morgan fingerprint density at radius 1 is 0.188 bits per heavy atom. The predicted molar refractivity (Wildman–Crippen MR) is 357 cm³/mol. The molecule has 0 bridgehead atoms. The van der Waals surface area contributed by atoms with E-state index in [1.807, 2.05) is 0 Å². The van der Waals surface area contributed by atoms with E-state index in [1.54, 1.807) is 0 Å². The molecule has 0 saturated carbocycles. The van der Waals surface area contributed by atoms with Gasteiger partial charge in [0.1, 0.15) is 26.2 Å². The third kappa shape index (κ3) is 8.91. The van der Waals surface area contributed by atoms with E-state index in [1.165, 1.54) is 155 Å². The topological polar surface area (TPSA) is 0 Å². The van der Waals surface area contributed by atoms with Crippen molar-refractivity contribution in [3.63, 3.8) is 0 Å². The van der Waals surface area contributed by atoms with Gasteiger partial charge < -0.3 is 4.48 Å². The third-order valence-electron chi connectivity index (χ3n) is 18.3. The van der Waals surface area contributed by atoms with E-state index in [4.69, 9.17) is 0 Å². The molecule has 1 heteroatoms. The molecule has 0 aromatic heterocycles. The van der Waals surface area contributed by atoms with Gasteiger partial charge in [-0.1, -0.05) is 291 Å². The molecule has 0 amide bonds. The third-order valence-corrected chi connectivity index (χ3v) is 18.3. The molecular weight excluding hydrogens is 1020 g/mol. The van der Waals surface area contributed by atoms with Gasteiger partial charge in [-0.3, -0.25) is 0 Å². The van der Waals surface area contributed by atoms with Crippen molar-refractivity contribution in [2.24, 2.45) is 0 Å². The monoisotopic (exact) mass is 1080 g/mol. The van der Waals surface area contributed by atoms with Gasteiger partial charge in [0.05, 0.1) is 0 Å². The molecule has 2 heterocycles. The fourth-order valence-electron chi connectivity index (χ4n) is 14.6. The molecule has 2 aliphatic heterocycles. The molecule has 400 valence electrons. The molecule has 14 aromatic carbocycles. The second-order valence-corrected chi connectivity index (χ2v) is 23.4. The molecule has 0 radical (unpaired) electrons. The molecule has 0 fully saturated rings. The van der Waals surface area contributed by atoms with Crippen molar-refractivity contribution in [2.45, 2.75) is 26.2 Å². The summed E-state index contributed by atoms with van der Waals surface area (Å²) in [7, 11) is 0. The van der Waals surface area contributed by atoms with E-state index in [0.29, 0.717) is 0 Å². The summed E-state index contributed by atoms with van der Waals surface area (Å²) in [5, 5.41) is 5.18. The Bertz CT molecular complexity index is 4400. The van der Waals surface area contributed by atoms with Gasteiger partial charge in [-0.05, 0) is 157 Å². The maximum absolute atomic E-state index is 2.50. The fraction of sp³-hybridized carbons (Fsp3) is 0.0476. The average molecular weight is 1080 g/mol. The zero-order valence-corrected chi connectivity index (χ0v) is 47.3. The molecular formula is C84H60N+. The van der Waals surface area contributed by atoms with Crippen molar-refractivity contribution < 1.29 is 4.48 Å². The lowest BCUT2D eigenvalue weighted by Crippen LogP contribution is -2.44. The molecule has 16 rings (SSSR count). The Kier molecular flexibility index (Phi) is 12.5. The number of hydrogen-bond donors (Lipinski definition) is 0. The molecule has 0 aliphatic carbocycles. The first kappa shape index (κ1) is 50.3. The molecule has 0 N–H and O–H groups in total. The van der Waals surface area contributed by atoms with Crippen LogP contribution in [-0.4, -0.2) is 4.48 Å².